The fourth-order valence-corrected chi connectivity index (χ4v) is 4.94. The molecular formula is C25H37N5O3S. The molecule has 8 nitrogen and oxygen atoms in total. The Morgan fingerprint density at radius 1 is 1.15 bits per heavy atom. The lowest BCUT2D eigenvalue weighted by Crippen LogP contribution is -2.41. The number of carbonyl (C=O) groups is 2. The number of hydrogen-bond donors (Lipinski definition) is 2. The van der Waals surface area contributed by atoms with E-state index in [0.717, 1.165) is 6.42 Å². The fraction of sp³-hybridized carbons (Fsp3) is 0.600. The molecule has 0 radical (unpaired) electrons. The van der Waals surface area contributed by atoms with Gasteiger partial charge in [-0.15, -0.1) is 10.2 Å². The minimum absolute atomic E-state index is 0.0304. The molecule has 9 heteroatoms. The number of carbonyl (C=O) groups excluding carboxylic acids is 2. The molecule has 0 saturated heterocycles. The molecular weight excluding hydrogens is 450 g/mol. The van der Waals surface area contributed by atoms with E-state index in [1.165, 1.54) is 36.6 Å². The van der Waals surface area contributed by atoms with Crippen LogP contribution >= 0.6 is 11.8 Å². The first-order valence-electron chi connectivity index (χ1n) is 12.2. The van der Waals surface area contributed by atoms with Gasteiger partial charge in [-0.3, -0.25) is 9.59 Å². The lowest BCUT2D eigenvalue weighted by atomic mass is 9.86. The molecule has 0 aliphatic heterocycles. The number of hydrogen-bond acceptors (Lipinski definition) is 6. The molecule has 186 valence electrons. The van der Waals surface area contributed by atoms with E-state index in [4.69, 9.17) is 4.74 Å². The molecule has 2 atom stereocenters. The van der Waals surface area contributed by atoms with E-state index in [1.54, 1.807) is 0 Å². The van der Waals surface area contributed by atoms with Gasteiger partial charge in [-0.2, -0.15) is 0 Å². The standard InChI is InChI=1S/C25H37N5O3S/c1-5-30-22(14-26-23(31)15-33-20-12-10-19(11-13-20)17(2)3)28-29-25(30)34-16-24(32)27-21-9-7-6-8-18(21)4/h10-13,17-18,21H,5-9,14-16H2,1-4H3,(H,26,31)(H,27,32)/t18-,21+/m1/s1. The molecule has 1 aliphatic rings. The molecule has 1 saturated carbocycles. The minimum atomic E-state index is -0.228. The molecule has 1 heterocycles. The molecule has 1 aromatic carbocycles. The summed E-state index contributed by atoms with van der Waals surface area (Å²) in [6.45, 7) is 9.31. The predicted molar refractivity (Wildman–Crippen MR) is 134 cm³/mol. The summed E-state index contributed by atoms with van der Waals surface area (Å²) in [5.74, 6) is 2.40. The molecule has 1 fully saturated rings. The normalized spacial score (nSPS) is 18.0. The largest absolute Gasteiger partial charge is 0.484 e. The average Bonchev–Trinajstić information content (AvgIpc) is 3.23. The molecule has 2 N–H and O–H groups in total. The van der Waals surface area contributed by atoms with Gasteiger partial charge >= 0.3 is 0 Å². The van der Waals surface area contributed by atoms with Crippen LogP contribution in [0.2, 0.25) is 0 Å². The van der Waals surface area contributed by atoms with Crippen molar-refractivity contribution in [1.82, 2.24) is 25.4 Å². The van der Waals surface area contributed by atoms with E-state index in [-0.39, 0.29) is 31.0 Å². The maximum atomic E-state index is 12.4. The van der Waals surface area contributed by atoms with Gasteiger partial charge in [-0.25, -0.2) is 0 Å². The Morgan fingerprint density at radius 3 is 2.56 bits per heavy atom. The summed E-state index contributed by atoms with van der Waals surface area (Å²) in [6.07, 6.45) is 4.65. The van der Waals surface area contributed by atoms with Gasteiger partial charge in [0.2, 0.25) is 5.91 Å². The minimum Gasteiger partial charge on any atom is -0.484 e. The van der Waals surface area contributed by atoms with Gasteiger partial charge in [0.15, 0.2) is 17.6 Å². The molecule has 34 heavy (non-hydrogen) atoms. The summed E-state index contributed by atoms with van der Waals surface area (Å²) in [4.78, 5) is 24.7. The monoisotopic (exact) mass is 487 g/mol. The van der Waals surface area contributed by atoms with Crippen molar-refractivity contribution in [3.63, 3.8) is 0 Å². The lowest BCUT2D eigenvalue weighted by Gasteiger charge is -2.29. The smallest absolute Gasteiger partial charge is 0.258 e. The molecule has 1 aromatic heterocycles. The van der Waals surface area contributed by atoms with Crippen molar-refractivity contribution in [3.8, 4) is 5.75 Å². The number of aromatic nitrogens is 3. The second-order valence-electron chi connectivity index (χ2n) is 9.16. The van der Waals surface area contributed by atoms with Gasteiger partial charge in [0.05, 0.1) is 12.3 Å². The summed E-state index contributed by atoms with van der Waals surface area (Å²) in [7, 11) is 0. The fourth-order valence-electron chi connectivity index (χ4n) is 4.11. The topological polar surface area (TPSA) is 98.1 Å². The highest BCUT2D eigenvalue weighted by Crippen LogP contribution is 2.24. The van der Waals surface area contributed by atoms with Gasteiger partial charge in [0.25, 0.3) is 5.91 Å². The van der Waals surface area contributed by atoms with E-state index in [2.05, 4.69) is 41.6 Å². The predicted octanol–water partition coefficient (Wildman–Crippen LogP) is 3.90. The maximum absolute atomic E-state index is 12.4. The van der Waals surface area contributed by atoms with Crippen molar-refractivity contribution in [2.24, 2.45) is 5.92 Å². The van der Waals surface area contributed by atoms with Gasteiger partial charge in [0, 0.05) is 12.6 Å². The quantitative estimate of drug-likeness (QED) is 0.467. The van der Waals surface area contributed by atoms with Crippen LogP contribution in [0, 0.1) is 5.92 Å². The summed E-state index contributed by atoms with van der Waals surface area (Å²) < 4.78 is 7.51. The van der Waals surface area contributed by atoms with Crippen molar-refractivity contribution in [2.45, 2.75) is 83.6 Å². The Labute approximate surface area is 206 Å². The lowest BCUT2D eigenvalue weighted by molar-refractivity contribution is -0.123. The maximum Gasteiger partial charge on any atom is 0.258 e. The van der Waals surface area contributed by atoms with Crippen LogP contribution in [0.5, 0.6) is 5.75 Å². The zero-order chi connectivity index (χ0) is 24.5. The average molecular weight is 488 g/mol. The third-order valence-corrected chi connectivity index (χ3v) is 7.23. The van der Waals surface area contributed by atoms with Crippen molar-refractivity contribution in [3.05, 3.63) is 35.7 Å². The van der Waals surface area contributed by atoms with Crippen LogP contribution in [0.1, 0.15) is 70.7 Å². The Bertz CT molecular complexity index is 945. The van der Waals surface area contributed by atoms with Crippen LogP contribution in [-0.2, 0) is 22.7 Å². The van der Waals surface area contributed by atoms with Crippen molar-refractivity contribution >= 4 is 23.6 Å². The van der Waals surface area contributed by atoms with Gasteiger partial charge in [-0.05, 0) is 49.3 Å². The third kappa shape index (κ3) is 7.48. The van der Waals surface area contributed by atoms with E-state index in [1.807, 2.05) is 35.8 Å². The Balaban J connectivity index is 1.44. The molecule has 0 spiro atoms. The molecule has 1 aliphatic carbocycles. The van der Waals surface area contributed by atoms with Crippen LogP contribution < -0.4 is 15.4 Å². The summed E-state index contributed by atoms with van der Waals surface area (Å²) >= 11 is 1.38. The Kier molecular flexibility index (Phi) is 9.80. The van der Waals surface area contributed by atoms with Crippen LogP contribution in [-0.4, -0.2) is 45.0 Å². The van der Waals surface area contributed by atoms with Gasteiger partial charge < -0.3 is 19.9 Å². The molecule has 0 bridgehead atoms. The number of nitrogens with zero attached hydrogens (tertiary/aromatic N) is 3. The number of amides is 2. The number of nitrogens with one attached hydrogen (secondary N) is 2. The summed E-state index contributed by atoms with van der Waals surface area (Å²) in [6, 6.07) is 8.05. The first-order chi connectivity index (χ1) is 16.4. The second kappa shape index (κ2) is 12.8. The highest BCUT2D eigenvalue weighted by atomic mass is 32.2. The number of ether oxygens (including phenoxy) is 1. The van der Waals surface area contributed by atoms with Crippen LogP contribution in [0.3, 0.4) is 0 Å². The zero-order valence-electron chi connectivity index (χ0n) is 20.7. The highest BCUT2D eigenvalue weighted by Gasteiger charge is 2.23. The Hall–Kier alpha value is -2.55. The van der Waals surface area contributed by atoms with E-state index < -0.39 is 0 Å². The van der Waals surface area contributed by atoms with Gasteiger partial charge in [-0.1, -0.05) is 57.5 Å². The third-order valence-electron chi connectivity index (χ3n) is 6.26. The highest BCUT2D eigenvalue weighted by molar-refractivity contribution is 7.99. The van der Waals surface area contributed by atoms with E-state index in [9.17, 15) is 9.59 Å². The number of benzene rings is 1. The summed E-state index contributed by atoms with van der Waals surface area (Å²) in [5.41, 5.74) is 1.23. The molecule has 3 rings (SSSR count). The van der Waals surface area contributed by atoms with E-state index >= 15 is 0 Å². The number of thioether (sulfide) groups is 1. The number of rotatable bonds is 11. The Morgan fingerprint density at radius 2 is 1.88 bits per heavy atom. The van der Waals surface area contributed by atoms with Crippen LogP contribution in [0.25, 0.3) is 0 Å². The van der Waals surface area contributed by atoms with Crippen molar-refractivity contribution in [1.29, 1.82) is 0 Å². The van der Waals surface area contributed by atoms with Crippen molar-refractivity contribution < 1.29 is 14.3 Å². The zero-order valence-corrected chi connectivity index (χ0v) is 21.5. The van der Waals surface area contributed by atoms with Gasteiger partial charge in [0.1, 0.15) is 5.75 Å². The second-order valence-corrected chi connectivity index (χ2v) is 10.1. The van der Waals surface area contributed by atoms with Crippen LogP contribution in [0.15, 0.2) is 29.4 Å². The summed E-state index contributed by atoms with van der Waals surface area (Å²) in [5, 5.41) is 15.1. The molecule has 0 unspecified atom stereocenters. The van der Waals surface area contributed by atoms with Crippen LogP contribution in [0.4, 0.5) is 0 Å². The van der Waals surface area contributed by atoms with Crippen molar-refractivity contribution in [2.75, 3.05) is 12.4 Å². The first kappa shape index (κ1) is 26.1. The first-order valence-corrected chi connectivity index (χ1v) is 13.2. The molecule has 2 aromatic rings. The SMILES string of the molecule is CCn1c(CNC(=O)COc2ccc(C(C)C)cc2)nnc1SCC(=O)N[C@H]1CCCC[C@H]1C. The van der Waals surface area contributed by atoms with E-state index in [0.29, 0.717) is 40.9 Å². The molecule has 2 amide bonds.